The highest BCUT2D eigenvalue weighted by Crippen LogP contribution is 2.31. The Bertz CT molecular complexity index is 645. The van der Waals surface area contributed by atoms with Crippen molar-refractivity contribution in [3.63, 3.8) is 0 Å². The average molecular weight is 308 g/mol. The molecule has 21 heavy (non-hydrogen) atoms. The van der Waals surface area contributed by atoms with E-state index in [1.807, 2.05) is 0 Å². The molecule has 2 aromatic rings. The van der Waals surface area contributed by atoms with Crippen molar-refractivity contribution in [3.8, 4) is 11.5 Å². The van der Waals surface area contributed by atoms with Gasteiger partial charge in [-0.05, 0) is 6.42 Å². The molecule has 0 saturated heterocycles. The Hall–Kier alpha value is -2.03. The zero-order valence-electron chi connectivity index (χ0n) is 10.6. The molecule has 114 valence electrons. The predicted octanol–water partition coefficient (Wildman–Crippen LogP) is 3.27. The van der Waals surface area contributed by atoms with Crippen LogP contribution in [-0.2, 0) is 0 Å². The number of nitrogens with zero attached hydrogens (tertiary/aromatic N) is 2. The summed E-state index contributed by atoms with van der Waals surface area (Å²) in [4.78, 5) is 3.47. The highest BCUT2D eigenvalue weighted by molar-refractivity contribution is 5.55. The van der Waals surface area contributed by atoms with Gasteiger partial charge in [0.15, 0.2) is 23.3 Å². The molecule has 0 aliphatic carbocycles. The summed E-state index contributed by atoms with van der Waals surface area (Å²) in [5.74, 6) is -11.9. The Morgan fingerprint density at radius 3 is 2.05 bits per heavy atom. The number of hydrogen-bond acceptors (Lipinski definition) is 4. The molecule has 0 amide bonds. The number of rotatable bonds is 4. The monoisotopic (exact) mass is 308 g/mol. The van der Waals surface area contributed by atoms with Crippen LogP contribution in [-0.4, -0.2) is 15.2 Å². The lowest BCUT2D eigenvalue weighted by molar-refractivity contribution is 0.153. The number of aliphatic hydroxyl groups excluding tert-OH is 1. The maximum absolute atomic E-state index is 13.5. The lowest BCUT2D eigenvalue weighted by Crippen LogP contribution is -2.04. The summed E-state index contributed by atoms with van der Waals surface area (Å²) in [7, 11) is 0. The van der Waals surface area contributed by atoms with Crippen LogP contribution in [0.3, 0.4) is 0 Å². The molecule has 4 nitrogen and oxygen atoms in total. The Labute approximate surface area is 115 Å². The molecule has 0 bridgehead atoms. The van der Waals surface area contributed by atoms with Gasteiger partial charge in [0.05, 0.1) is 0 Å². The molecule has 0 radical (unpaired) electrons. The average Bonchev–Trinajstić information content (AvgIpc) is 2.93. The molecule has 1 atom stereocenters. The largest absolute Gasteiger partial charge is 0.385 e. The van der Waals surface area contributed by atoms with Crippen molar-refractivity contribution in [2.45, 2.75) is 25.9 Å². The number of hydrogen-bond donors (Lipinski definition) is 1. The van der Waals surface area contributed by atoms with E-state index in [0.717, 1.165) is 0 Å². The first-order valence-corrected chi connectivity index (χ1v) is 5.91. The summed E-state index contributed by atoms with van der Waals surface area (Å²) in [6, 6.07) is 0. The maximum atomic E-state index is 13.5. The Morgan fingerprint density at radius 1 is 1.00 bits per heavy atom. The molecule has 0 spiro atoms. The summed E-state index contributed by atoms with van der Waals surface area (Å²) in [5, 5.41) is 12.9. The van der Waals surface area contributed by atoms with Crippen LogP contribution < -0.4 is 0 Å². The van der Waals surface area contributed by atoms with E-state index < -0.39 is 46.6 Å². The number of aliphatic hydroxyl groups is 1. The van der Waals surface area contributed by atoms with Gasteiger partial charge in [0.2, 0.25) is 11.6 Å². The maximum Gasteiger partial charge on any atom is 0.264 e. The SMILES string of the molecule is CCCC(O)c1noc(-c2c(F)c(F)c(F)c(F)c2F)n1. The first-order chi connectivity index (χ1) is 9.88. The number of benzene rings is 1. The van der Waals surface area contributed by atoms with Gasteiger partial charge in [-0.25, -0.2) is 22.0 Å². The van der Waals surface area contributed by atoms with Crippen molar-refractivity contribution in [3.05, 3.63) is 34.9 Å². The standard InChI is InChI=1S/C12H9F5N2O2/c1-2-3-4(20)11-18-12(21-19-11)5-6(13)8(15)10(17)9(16)7(5)14/h4,20H,2-3H2,1H3. The van der Waals surface area contributed by atoms with Crippen molar-refractivity contribution in [1.82, 2.24) is 10.1 Å². The fourth-order valence-corrected chi connectivity index (χ4v) is 1.67. The van der Waals surface area contributed by atoms with E-state index in [2.05, 4.69) is 14.7 Å². The summed E-state index contributed by atoms with van der Waals surface area (Å²) < 4.78 is 70.6. The van der Waals surface area contributed by atoms with Crippen LogP contribution in [0.15, 0.2) is 4.52 Å². The number of aromatic nitrogens is 2. The molecule has 0 saturated carbocycles. The fourth-order valence-electron chi connectivity index (χ4n) is 1.67. The lowest BCUT2D eigenvalue weighted by Gasteiger charge is -2.04. The van der Waals surface area contributed by atoms with Crippen molar-refractivity contribution in [2.24, 2.45) is 0 Å². The van der Waals surface area contributed by atoms with Crippen molar-refractivity contribution >= 4 is 0 Å². The van der Waals surface area contributed by atoms with Crippen LogP contribution in [0.4, 0.5) is 22.0 Å². The van der Waals surface area contributed by atoms with Crippen LogP contribution in [0.1, 0.15) is 31.7 Å². The molecule has 0 fully saturated rings. The molecule has 1 aromatic carbocycles. The zero-order chi connectivity index (χ0) is 15.7. The van der Waals surface area contributed by atoms with E-state index in [1.54, 1.807) is 6.92 Å². The molecule has 1 unspecified atom stereocenters. The third-order valence-electron chi connectivity index (χ3n) is 2.73. The minimum absolute atomic E-state index is 0.246. The number of halogens is 5. The van der Waals surface area contributed by atoms with E-state index in [0.29, 0.717) is 6.42 Å². The topological polar surface area (TPSA) is 59.2 Å². The molecule has 1 aromatic heterocycles. The van der Waals surface area contributed by atoms with Gasteiger partial charge < -0.3 is 9.63 Å². The van der Waals surface area contributed by atoms with Gasteiger partial charge >= 0.3 is 0 Å². The van der Waals surface area contributed by atoms with Crippen molar-refractivity contribution < 1.29 is 31.6 Å². The predicted molar refractivity (Wildman–Crippen MR) is 59.4 cm³/mol. The second-order valence-electron chi connectivity index (χ2n) is 4.21. The smallest absolute Gasteiger partial charge is 0.264 e. The first-order valence-electron chi connectivity index (χ1n) is 5.91. The normalized spacial score (nSPS) is 12.7. The minimum atomic E-state index is -2.28. The van der Waals surface area contributed by atoms with Crippen LogP contribution in [0.2, 0.25) is 0 Å². The Balaban J connectivity index is 2.53. The van der Waals surface area contributed by atoms with Gasteiger partial charge in [-0.3, -0.25) is 0 Å². The molecular weight excluding hydrogens is 299 g/mol. The van der Waals surface area contributed by atoms with Gasteiger partial charge in [0.1, 0.15) is 11.7 Å². The molecular formula is C12H9F5N2O2. The van der Waals surface area contributed by atoms with Gasteiger partial charge in [-0.1, -0.05) is 18.5 Å². The summed E-state index contributed by atoms with van der Waals surface area (Å²) in [5.41, 5.74) is -1.33. The molecule has 0 aliphatic rings. The highest BCUT2D eigenvalue weighted by atomic mass is 19.2. The van der Waals surface area contributed by atoms with Gasteiger partial charge in [-0.2, -0.15) is 4.98 Å². The second kappa shape index (κ2) is 5.76. The van der Waals surface area contributed by atoms with Crippen LogP contribution in [0, 0.1) is 29.1 Å². The Morgan fingerprint density at radius 2 is 1.52 bits per heavy atom. The molecule has 9 heteroatoms. The van der Waals surface area contributed by atoms with E-state index in [4.69, 9.17) is 0 Å². The molecule has 0 aliphatic heterocycles. The third kappa shape index (κ3) is 2.60. The molecule has 1 N–H and O–H groups in total. The first kappa shape index (κ1) is 15.4. The van der Waals surface area contributed by atoms with Crippen molar-refractivity contribution in [1.29, 1.82) is 0 Å². The quantitative estimate of drug-likeness (QED) is 0.535. The second-order valence-corrected chi connectivity index (χ2v) is 4.21. The minimum Gasteiger partial charge on any atom is -0.385 e. The van der Waals surface area contributed by atoms with Gasteiger partial charge in [-0.15, -0.1) is 0 Å². The third-order valence-corrected chi connectivity index (χ3v) is 2.73. The Kier molecular flexibility index (Phi) is 4.21. The lowest BCUT2D eigenvalue weighted by atomic mass is 10.1. The van der Waals surface area contributed by atoms with Gasteiger partial charge in [0, 0.05) is 0 Å². The van der Waals surface area contributed by atoms with Crippen LogP contribution >= 0.6 is 0 Å². The molecule has 2 rings (SSSR count). The summed E-state index contributed by atoms with van der Waals surface area (Å²) >= 11 is 0. The zero-order valence-corrected chi connectivity index (χ0v) is 10.6. The van der Waals surface area contributed by atoms with E-state index in [1.165, 1.54) is 0 Å². The van der Waals surface area contributed by atoms with E-state index in [9.17, 15) is 27.1 Å². The summed E-state index contributed by atoms with van der Waals surface area (Å²) in [6.07, 6.45) is -0.349. The van der Waals surface area contributed by atoms with Crippen molar-refractivity contribution in [2.75, 3.05) is 0 Å². The van der Waals surface area contributed by atoms with Gasteiger partial charge in [0.25, 0.3) is 5.89 Å². The van der Waals surface area contributed by atoms with E-state index >= 15 is 0 Å². The fraction of sp³-hybridized carbons (Fsp3) is 0.333. The van der Waals surface area contributed by atoms with Crippen LogP contribution in [0.25, 0.3) is 11.5 Å². The summed E-state index contributed by atoms with van der Waals surface area (Å²) in [6.45, 7) is 1.76. The highest BCUT2D eigenvalue weighted by Gasteiger charge is 2.30. The molecule has 1 heterocycles. The van der Waals surface area contributed by atoms with E-state index in [-0.39, 0.29) is 12.2 Å². The van der Waals surface area contributed by atoms with Crippen LogP contribution in [0.5, 0.6) is 0 Å².